The van der Waals surface area contributed by atoms with Crippen molar-refractivity contribution >= 4 is 0 Å². The Morgan fingerprint density at radius 1 is 1.15 bits per heavy atom. The molecule has 4 heteroatoms. The van der Waals surface area contributed by atoms with Gasteiger partial charge in [-0.15, -0.1) is 0 Å². The summed E-state index contributed by atoms with van der Waals surface area (Å²) >= 11 is 0. The first-order valence-electron chi connectivity index (χ1n) is 8.45. The van der Waals surface area contributed by atoms with Crippen molar-refractivity contribution in [3.05, 3.63) is 0 Å². The van der Waals surface area contributed by atoms with Crippen LogP contribution in [0.3, 0.4) is 0 Å². The molecule has 0 aromatic heterocycles. The Morgan fingerprint density at radius 2 is 1.85 bits per heavy atom. The molecular weight excluding hydrogens is 250 g/mol. The number of hydrogen-bond donors (Lipinski definition) is 1. The quantitative estimate of drug-likeness (QED) is 0.795. The largest absolute Gasteiger partial charge is 0.381 e. The van der Waals surface area contributed by atoms with Crippen molar-refractivity contribution in [2.24, 2.45) is 11.8 Å². The molecule has 2 aliphatic rings. The predicted octanol–water partition coefficient (Wildman–Crippen LogP) is 1.27. The molecule has 0 radical (unpaired) electrons. The Morgan fingerprint density at radius 3 is 2.50 bits per heavy atom. The van der Waals surface area contributed by atoms with Gasteiger partial charge in [-0.25, -0.2) is 0 Å². The standard InChI is InChI=1S/C16H33N3O/c1-4-17-16-5-10-20-13-15(16)12-19-8-6-18(7-9-19)11-14(2)3/h14-17H,4-13H2,1-3H3. The van der Waals surface area contributed by atoms with E-state index in [4.69, 9.17) is 4.74 Å². The average molecular weight is 283 g/mol. The number of piperazine rings is 1. The molecule has 0 saturated carbocycles. The fraction of sp³-hybridized carbons (Fsp3) is 1.00. The van der Waals surface area contributed by atoms with E-state index in [1.807, 2.05) is 0 Å². The number of ether oxygens (including phenoxy) is 1. The molecule has 2 unspecified atom stereocenters. The summed E-state index contributed by atoms with van der Waals surface area (Å²) in [5, 5.41) is 3.64. The molecule has 2 saturated heterocycles. The highest BCUT2D eigenvalue weighted by molar-refractivity contribution is 4.83. The molecule has 2 fully saturated rings. The maximum absolute atomic E-state index is 5.70. The van der Waals surface area contributed by atoms with Gasteiger partial charge in [0.2, 0.25) is 0 Å². The van der Waals surface area contributed by atoms with E-state index < -0.39 is 0 Å². The maximum atomic E-state index is 5.70. The zero-order valence-electron chi connectivity index (χ0n) is 13.6. The molecule has 118 valence electrons. The van der Waals surface area contributed by atoms with Gasteiger partial charge in [0.25, 0.3) is 0 Å². The lowest BCUT2D eigenvalue weighted by Crippen LogP contribution is -2.52. The second-order valence-electron chi connectivity index (χ2n) is 6.78. The third-order valence-corrected chi connectivity index (χ3v) is 4.52. The number of hydrogen-bond acceptors (Lipinski definition) is 4. The number of nitrogens with zero attached hydrogens (tertiary/aromatic N) is 2. The van der Waals surface area contributed by atoms with Gasteiger partial charge >= 0.3 is 0 Å². The Hall–Kier alpha value is -0.160. The first kappa shape index (κ1) is 16.2. The van der Waals surface area contributed by atoms with Crippen molar-refractivity contribution in [2.45, 2.75) is 33.2 Å². The lowest BCUT2D eigenvalue weighted by molar-refractivity contribution is 0.00853. The van der Waals surface area contributed by atoms with Crippen LogP contribution in [0.1, 0.15) is 27.2 Å². The molecule has 2 rings (SSSR count). The highest BCUT2D eigenvalue weighted by Gasteiger charge is 2.28. The summed E-state index contributed by atoms with van der Waals surface area (Å²) in [7, 11) is 0. The van der Waals surface area contributed by atoms with E-state index in [1.165, 1.54) is 45.7 Å². The van der Waals surface area contributed by atoms with Crippen molar-refractivity contribution < 1.29 is 4.74 Å². The van der Waals surface area contributed by atoms with Crippen molar-refractivity contribution in [3.8, 4) is 0 Å². The average Bonchev–Trinajstić information content (AvgIpc) is 2.43. The van der Waals surface area contributed by atoms with Gasteiger partial charge in [0.15, 0.2) is 0 Å². The summed E-state index contributed by atoms with van der Waals surface area (Å²) in [6.45, 7) is 17.1. The Kier molecular flexibility index (Phi) is 6.75. The van der Waals surface area contributed by atoms with Crippen LogP contribution >= 0.6 is 0 Å². The molecule has 0 bridgehead atoms. The number of nitrogens with one attached hydrogen (secondary N) is 1. The summed E-state index contributed by atoms with van der Waals surface area (Å²) < 4.78 is 5.70. The third-order valence-electron chi connectivity index (χ3n) is 4.52. The Balaban J connectivity index is 1.73. The normalized spacial score (nSPS) is 30.0. The lowest BCUT2D eigenvalue weighted by atomic mass is 9.94. The van der Waals surface area contributed by atoms with Crippen LogP contribution in [0.2, 0.25) is 0 Å². The summed E-state index contributed by atoms with van der Waals surface area (Å²) in [6.07, 6.45) is 1.17. The van der Waals surface area contributed by atoms with Crippen LogP contribution in [0.25, 0.3) is 0 Å². The van der Waals surface area contributed by atoms with Crippen LogP contribution in [0, 0.1) is 11.8 Å². The third kappa shape index (κ3) is 4.99. The summed E-state index contributed by atoms with van der Waals surface area (Å²) in [6, 6.07) is 0.655. The molecule has 0 aliphatic carbocycles. The Bertz CT molecular complexity index is 262. The summed E-state index contributed by atoms with van der Waals surface area (Å²) in [5.41, 5.74) is 0. The summed E-state index contributed by atoms with van der Waals surface area (Å²) in [5.74, 6) is 1.45. The van der Waals surface area contributed by atoms with E-state index in [2.05, 4.69) is 35.9 Å². The van der Waals surface area contributed by atoms with Crippen LogP contribution in [0.4, 0.5) is 0 Å². The maximum Gasteiger partial charge on any atom is 0.0521 e. The van der Waals surface area contributed by atoms with E-state index in [9.17, 15) is 0 Å². The first-order chi connectivity index (χ1) is 9.69. The molecule has 0 aromatic carbocycles. The minimum Gasteiger partial charge on any atom is -0.381 e. The fourth-order valence-corrected chi connectivity index (χ4v) is 3.51. The molecule has 1 N–H and O–H groups in total. The molecule has 0 aromatic rings. The molecule has 0 spiro atoms. The second-order valence-corrected chi connectivity index (χ2v) is 6.78. The SMILES string of the molecule is CCNC1CCOCC1CN1CCN(CC(C)C)CC1. The van der Waals surface area contributed by atoms with Crippen LogP contribution in [-0.2, 0) is 4.74 Å². The van der Waals surface area contributed by atoms with E-state index in [0.717, 1.165) is 25.7 Å². The van der Waals surface area contributed by atoms with E-state index in [1.54, 1.807) is 0 Å². The van der Waals surface area contributed by atoms with Crippen LogP contribution in [0.5, 0.6) is 0 Å². The Labute approximate surface area is 124 Å². The van der Waals surface area contributed by atoms with Crippen LogP contribution in [0.15, 0.2) is 0 Å². The van der Waals surface area contributed by atoms with E-state index >= 15 is 0 Å². The van der Waals surface area contributed by atoms with E-state index in [-0.39, 0.29) is 0 Å². The van der Waals surface area contributed by atoms with Gasteiger partial charge in [0, 0.05) is 57.8 Å². The second kappa shape index (κ2) is 8.32. The molecule has 2 atom stereocenters. The van der Waals surface area contributed by atoms with E-state index in [0.29, 0.717) is 12.0 Å². The van der Waals surface area contributed by atoms with Gasteiger partial charge in [-0.1, -0.05) is 20.8 Å². The van der Waals surface area contributed by atoms with Gasteiger partial charge in [0.05, 0.1) is 6.61 Å². The van der Waals surface area contributed by atoms with Gasteiger partial charge in [-0.05, 0) is 18.9 Å². The van der Waals surface area contributed by atoms with Crippen LogP contribution in [-0.4, -0.2) is 74.9 Å². The first-order valence-corrected chi connectivity index (χ1v) is 8.45. The van der Waals surface area contributed by atoms with Crippen molar-refractivity contribution in [1.29, 1.82) is 0 Å². The number of rotatable bonds is 6. The van der Waals surface area contributed by atoms with Crippen molar-refractivity contribution in [1.82, 2.24) is 15.1 Å². The molecule has 0 amide bonds. The fourth-order valence-electron chi connectivity index (χ4n) is 3.51. The minimum atomic E-state index is 0.655. The smallest absolute Gasteiger partial charge is 0.0521 e. The monoisotopic (exact) mass is 283 g/mol. The molecule has 20 heavy (non-hydrogen) atoms. The summed E-state index contributed by atoms with van der Waals surface area (Å²) in [4.78, 5) is 5.25. The van der Waals surface area contributed by atoms with Crippen molar-refractivity contribution in [2.75, 3.05) is 59.0 Å². The molecule has 2 aliphatic heterocycles. The molecule has 4 nitrogen and oxygen atoms in total. The molecule has 2 heterocycles. The van der Waals surface area contributed by atoms with Gasteiger partial charge < -0.3 is 19.9 Å². The predicted molar refractivity (Wildman–Crippen MR) is 84.1 cm³/mol. The van der Waals surface area contributed by atoms with Gasteiger partial charge in [0.1, 0.15) is 0 Å². The molecular formula is C16H33N3O. The highest BCUT2D eigenvalue weighted by atomic mass is 16.5. The zero-order chi connectivity index (χ0) is 14.4. The lowest BCUT2D eigenvalue weighted by Gasteiger charge is -2.40. The van der Waals surface area contributed by atoms with Gasteiger partial charge in [-0.3, -0.25) is 0 Å². The van der Waals surface area contributed by atoms with Gasteiger partial charge in [-0.2, -0.15) is 0 Å². The minimum absolute atomic E-state index is 0.655. The topological polar surface area (TPSA) is 27.7 Å². The van der Waals surface area contributed by atoms with Crippen molar-refractivity contribution in [3.63, 3.8) is 0 Å². The van der Waals surface area contributed by atoms with Crippen LogP contribution < -0.4 is 5.32 Å². The zero-order valence-corrected chi connectivity index (χ0v) is 13.6. The highest BCUT2D eigenvalue weighted by Crippen LogP contribution is 2.17.